The van der Waals surface area contributed by atoms with E-state index in [1.807, 2.05) is 13.0 Å². The molecule has 0 aliphatic rings. The molecule has 0 fully saturated rings. The van der Waals surface area contributed by atoms with Gasteiger partial charge in [-0.1, -0.05) is 38.5 Å². The SMILES string of the molecule is COC(C)(CI)COc1cnc2oc3ccc(Br)cc3c(=O)c2c1. The van der Waals surface area contributed by atoms with Crippen molar-refractivity contribution in [1.82, 2.24) is 4.98 Å². The first-order chi connectivity index (χ1) is 11.5. The van der Waals surface area contributed by atoms with Gasteiger partial charge in [0.25, 0.3) is 0 Å². The lowest BCUT2D eigenvalue weighted by Crippen LogP contribution is -2.36. The number of ether oxygens (including phenoxy) is 2. The molecule has 0 saturated carbocycles. The van der Waals surface area contributed by atoms with Crippen molar-refractivity contribution in [2.24, 2.45) is 0 Å². The first kappa shape index (κ1) is 17.6. The van der Waals surface area contributed by atoms with Gasteiger partial charge in [0.2, 0.25) is 11.1 Å². The van der Waals surface area contributed by atoms with Crippen molar-refractivity contribution < 1.29 is 13.9 Å². The Labute approximate surface area is 160 Å². The number of benzene rings is 1. The second kappa shape index (κ2) is 6.97. The zero-order valence-electron chi connectivity index (χ0n) is 13.1. The van der Waals surface area contributed by atoms with Gasteiger partial charge in [0.1, 0.15) is 23.5 Å². The molecule has 0 amide bonds. The molecular formula is C17H15BrINO4. The summed E-state index contributed by atoms with van der Waals surface area (Å²) < 4.78 is 18.5. The molecular weight excluding hydrogens is 489 g/mol. The highest BCUT2D eigenvalue weighted by atomic mass is 127. The van der Waals surface area contributed by atoms with E-state index in [1.54, 1.807) is 31.5 Å². The minimum absolute atomic E-state index is 0.131. The van der Waals surface area contributed by atoms with Crippen molar-refractivity contribution >= 4 is 60.6 Å². The molecule has 7 heteroatoms. The van der Waals surface area contributed by atoms with Crippen LogP contribution in [0.15, 0.2) is 44.1 Å². The molecule has 126 valence electrons. The number of hydrogen-bond acceptors (Lipinski definition) is 5. The van der Waals surface area contributed by atoms with E-state index in [2.05, 4.69) is 43.5 Å². The number of rotatable bonds is 5. The number of methoxy groups -OCH3 is 1. The minimum Gasteiger partial charge on any atom is -0.489 e. The Kier molecular flexibility index (Phi) is 5.12. The van der Waals surface area contributed by atoms with Gasteiger partial charge in [0, 0.05) is 16.0 Å². The average Bonchev–Trinajstić information content (AvgIpc) is 2.61. The Morgan fingerprint density at radius 1 is 1.33 bits per heavy atom. The van der Waals surface area contributed by atoms with Gasteiger partial charge in [0.15, 0.2) is 0 Å². The van der Waals surface area contributed by atoms with Crippen LogP contribution in [0.1, 0.15) is 6.92 Å². The molecule has 0 N–H and O–H groups in total. The molecule has 0 aliphatic heterocycles. The smallest absolute Gasteiger partial charge is 0.230 e. The van der Waals surface area contributed by atoms with E-state index in [4.69, 9.17) is 13.9 Å². The molecule has 0 saturated heterocycles. The molecule has 1 atom stereocenters. The number of pyridine rings is 1. The highest BCUT2D eigenvalue weighted by Crippen LogP contribution is 2.24. The van der Waals surface area contributed by atoms with Crippen LogP contribution in [-0.2, 0) is 4.74 Å². The molecule has 24 heavy (non-hydrogen) atoms. The molecule has 2 heterocycles. The van der Waals surface area contributed by atoms with Gasteiger partial charge in [-0.25, -0.2) is 4.98 Å². The van der Waals surface area contributed by atoms with Crippen molar-refractivity contribution in [3.63, 3.8) is 0 Å². The van der Waals surface area contributed by atoms with Gasteiger partial charge in [-0.15, -0.1) is 0 Å². The van der Waals surface area contributed by atoms with Crippen molar-refractivity contribution in [1.29, 1.82) is 0 Å². The largest absolute Gasteiger partial charge is 0.489 e. The van der Waals surface area contributed by atoms with Gasteiger partial charge in [-0.3, -0.25) is 4.79 Å². The Hall–Kier alpha value is -1.19. The maximum Gasteiger partial charge on any atom is 0.230 e. The standard InChI is InChI=1S/C17H15BrINO4/c1-17(8-19,22-2)9-23-11-6-13-15(21)12-5-10(18)3-4-14(12)24-16(13)20-7-11/h3-7H,8-9H2,1-2H3. The number of fused-ring (bicyclic) bond motifs is 2. The third-order valence-corrected chi connectivity index (χ3v) is 5.89. The number of aromatic nitrogens is 1. The van der Waals surface area contributed by atoms with Crippen LogP contribution in [0, 0.1) is 0 Å². The van der Waals surface area contributed by atoms with Gasteiger partial charge < -0.3 is 13.9 Å². The topological polar surface area (TPSA) is 61.6 Å². The van der Waals surface area contributed by atoms with E-state index in [0.717, 1.165) is 8.90 Å². The molecule has 1 unspecified atom stereocenters. The van der Waals surface area contributed by atoms with Crippen LogP contribution in [0.2, 0.25) is 0 Å². The van der Waals surface area contributed by atoms with E-state index in [0.29, 0.717) is 34.4 Å². The lowest BCUT2D eigenvalue weighted by atomic mass is 10.1. The highest BCUT2D eigenvalue weighted by molar-refractivity contribution is 14.1. The third-order valence-electron chi connectivity index (χ3n) is 3.78. The second-order valence-electron chi connectivity index (χ2n) is 5.67. The Morgan fingerprint density at radius 3 is 2.83 bits per heavy atom. The van der Waals surface area contributed by atoms with Gasteiger partial charge in [0.05, 0.1) is 17.0 Å². The Balaban J connectivity index is 2.03. The molecule has 3 aromatic rings. The van der Waals surface area contributed by atoms with Crippen LogP contribution in [-0.4, -0.2) is 28.7 Å². The zero-order chi connectivity index (χ0) is 17.3. The number of halogens is 2. The fraction of sp³-hybridized carbons (Fsp3) is 0.294. The van der Waals surface area contributed by atoms with Crippen LogP contribution < -0.4 is 10.2 Å². The molecule has 0 bridgehead atoms. The first-order valence-electron chi connectivity index (χ1n) is 7.22. The summed E-state index contributed by atoms with van der Waals surface area (Å²) in [5.74, 6) is 0.511. The number of hydrogen-bond donors (Lipinski definition) is 0. The number of alkyl halides is 1. The number of nitrogens with zero attached hydrogens (tertiary/aromatic N) is 1. The fourth-order valence-electron chi connectivity index (χ4n) is 2.16. The predicted octanol–water partition coefficient (Wildman–Crippen LogP) is 4.32. The lowest BCUT2D eigenvalue weighted by Gasteiger charge is -2.25. The maximum atomic E-state index is 12.7. The molecule has 0 aliphatic carbocycles. The Morgan fingerprint density at radius 2 is 2.12 bits per heavy atom. The molecule has 5 nitrogen and oxygen atoms in total. The summed E-state index contributed by atoms with van der Waals surface area (Å²) in [6.07, 6.45) is 1.55. The van der Waals surface area contributed by atoms with Gasteiger partial charge in [-0.2, -0.15) is 0 Å². The summed E-state index contributed by atoms with van der Waals surface area (Å²) in [6.45, 7) is 2.33. The van der Waals surface area contributed by atoms with Crippen LogP contribution in [0.25, 0.3) is 22.1 Å². The van der Waals surface area contributed by atoms with E-state index < -0.39 is 5.60 Å². The van der Waals surface area contributed by atoms with Crippen LogP contribution in [0.5, 0.6) is 5.75 Å². The quantitative estimate of drug-likeness (QED) is 0.295. The minimum atomic E-state index is -0.394. The average molecular weight is 504 g/mol. The summed E-state index contributed by atoms with van der Waals surface area (Å²) in [5, 5.41) is 0.900. The van der Waals surface area contributed by atoms with Gasteiger partial charge >= 0.3 is 0 Å². The van der Waals surface area contributed by atoms with Crippen molar-refractivity contribution in [2.45, 2.75) is 12.5 Å². The molecule has 2 aromatic heterocycles. The zero-order valence-corrected chi connectivity index (χ0v) is 16.9. The molecule has 0 spiro atoms. The second-order valence-corrected chi connectivity index (χ2v) is 7.35. The predicted molar refractivity (Wildman–Crippen MR) is 105 cm³/mol. The van der Waals surface area contributed by atoms with E-state index >= 15 is 0 Å². The third kappa shape index (κ3) is 3.43. The van der Waals surface area contributed by atoms with E-state index in [1.165, 1.54) is 0 Å². The van der Waals surface area contributed by atoms with Crippen LogP contribution in [0.3, 0.4) is 0 Å². The lowest BCUT2D eigenvalue weighted by molar-refractivity contribution is -0.00848. The van der Waals surface area contributed by atoms with E-state index in [-0.39, 0.29) is 5.43 Å². The van der Waals surface area contributed by atoms with Gasteiger partial charge in [-0.05, 0) is 31.2 Å². The van der Waals surface area contributed by atoms with Crippen LogP contribution in [0.4, 0.5) is 0 Å². The summed E-state index contributed by atoms with van der Waals surface area (Å²) >= 11 is 5.62. The molecule has 3 rings (SSSR count). The van der Waals surface area contributed by atoms with Crippen LogP contribution >= 0.6 is 38.5 Å². The maximum absolute atomic E-state index is 12.7. The summed E-state index contributed by atoms with van der Waals surface area (Å²) in [5.41, 5.74) is 0.280. The Bertz CT molecular complexity index is 952. The summed E-state index contributed by atoms with van der Waals surface area (Å²) in [6, 6.07) is 6.98. The van der Waals surface area contributed by atoms with Crippen molar-refractivity contribution in [2.75, 3.05) is 18.1 Å². The molecule has 0 radical (unpaired) electrons. The highest BCUT2D eigenvalue weighted by Gasteiger charge is 2.23. The summed E-state index contributed by atoms with van der Waals surface area (Å²) in [4.78, 5) is 16.9. The summed E-state index contributed by atoms with van der Waals surface area (Å²) in [7, 11) is 1.65. The normalized spacial score (nSPS) is 14.0. The van der Waals surface area contributed by atoms with Crippen molar-refractivity contribution in [3.05, 3.63) is 45.2 Å². The van der Waals surface area contributed by atoms with E-state index in [9.17, 15) is 4.79 Å². The van der Waals surface area contributed by atoms with Crippen molar-refractivity contribution in [3.8, 4) is 5.75 Å². The monoisotopic (exact) mass is 503 g/mol. The first-order valence-corrected chi connectivity index (χ1v) is 9.54. The molecule has 1 aromatic carbocycles. The fourth-order valence-corrected chi connectivity index (χ4v) is 3.05.